The second kappa shape index (κ2) is 8.63. The van der Waals surface area contributed by atoms with E-state index in [0.29, 0.717) is 28.5 Å². The summed E-state index contributed by atoms with van der Waals surface area (Å²) in [5.41, 5.74) is 0.847. The molecular weight excluding hydrogens is 414 g/mol. The fourth-order valence-electron chi connectivity index (χ4n) is 3.63. The zero-order valence-electron chi connectivity index (χ0n) is 17.5. The van der Waals surface area contributed by atoms with Gasteiger partial charge in [-0.3, -0.25) is 9.59 Å². The number of anilines is 2. The number of halogens is 2. The van der Waals surface area contributed by atoms with Gasteiger partial charge in [-0.15, -0.1) is 0 Å². The van der Waals surface area contributed by atoms with Gasteiger partial charge in [0.25, 0.3) is 11.8 Å². The highest BCUT2D eigenvalue weighted by molar-refractivity contribution is 6.46. The zero-order chi connectivity index (χ0) is 22.8. The van der Waals surface area contributed by atoms with Crippen LogP contribution in [0.15, 0.2) is 78.5 Å². The van der Waals surface area contributed by atoms with E-state index in [1.165, 1.54) is 0 Å². The first-order valence-electron chi connectivity index (χ1n) is 10.0. The molecule has 4 rings (SSSR count). The summed E-state index contributed by atoms with van der Waals surface area (Å²) in [7, 11) is 1.65. The van der Waals surface area contributed by atoms with Crippen LogP contribution in [0.25, 0.3) is 5.57 Å². The summed E-state index contributed by atoms with van der Waals surface area (Å²) in [5.74, 6) is -2.49. The number of hydrogen-bond donors (Lipinski definition) is 0. The minimum Gasteiger partial charge on any atom is -0.494 e. The number of benzene rings is 3. The summed E-state index contributed by atoms with van der Waals surface area (Å²) >= 11 is 0. The molecule has 0 bridgehead atoms. The Morgan fingerprint density at radius 1 is 0.906 bits per heavy atom. The Balaban J connectivity index is 1.87. The molecule has 1 aliphatic heterocycles. The van der Waals surface area contributed by atoms with Gasteiger partial charge in [-0.25, -0.2) is 13.7 Å². The second-order valence-corrected chi connectivity index (χ2v) is 7.12. The molecule has 0 aliphatic carbocycles. The molecule has 1 heterocycles. The SMILES string of the molecule is CCOc1ccc(C2=C(N(C)c3ccccc3)C(=O)N(c3cc(F)ccc3F)C2=O)cc1. The minimum absolute atomic E-state index is 0.0639. The predicted octanol–water partition coefficient (Wildman–Crippen LogP) is 4.78. The van der Waals surface area contributed by atoms with Crippen molar-refractivity contribution in [2.75, 3.05) is 23.5 Å². The monoisotopic (exact) mass is 434 g/mol. The van der Waals surface area contributed by atoms with E-state index in [1.54, 1.807) is 60.5 Å². The van der Waals surface area contributed by atoms with Gasteiger partial charge in [0.1, 0.15) is 23.1 Å². The van der Waals surface area contributed by atoms with Gasteiger partial charge in [-0.2, -0.15) is 0 Å². The average Bonchev–Trinajstić information content (AvgIpc) is 3.06. The number of imide groups is 1. The molecular formula is C25H20F2N2O3. The van der Waals surface area contributed by atoms with Crippen molar-refractivity contribution >= 4 is 28.8 Å². The predicted molar refractivity (Wildman–Crippen MR) is 118 cm³/mol. The quantitative estimate of drug-likeness (QED) is 0.524. The van der Waals surface area contributed by atoms with Crippen molar-refractivity contribution in [3.8, 4) is 5.75 Å². The van der Waals surface area contributed by atoms with Crippen LogP contribution in [-0.4, -0.2) is 25.5 Å². The maximum absolute atomic E-state index is 14.5. The molecule has 0 aromatic heterocycles. The number of likely N-dealkylation sites (N-methyl/N-ethyl adjacent to an activating group) is 1. The number of para-hydroxylation sites is 1. The lowest BCUT2D eigenvalue weighted by Crippen LogP contribution is -2.35. The standard InChI is InChI=1S/C25H20F2N2O3/c1-3-32-19-12-9-16(10-13-19)22-23(28(2)18-7-5-4-6-8-18)25(31)29(24(22)30)21-15-17(26)11-14-20(21)27/h4-15H,3H2,1-2H3. The Morgan fingerprint density at radius 3 is 2.25 bits per heavy atom. The molecule has 0 unspecified atom stereocenters. The van der Waals surface area contributed by atoms with Gasteiger partial charge in [0.2, 0.25) is 0 Å². The molecule has 3 aromatic rings. The maximum Gasteiger partial charge on any atom is 0.282 e. The highest BCUT2D eigenvalue weighted by atomic mass is 19.1. The first-order chi connectivity index (χ1) is 15.4. The first kappa shape index (κ1) is 21.2. The third-order valence-corrected chi connectivity index (χ3v) is 5.14. The summed E-state index contributed by atoms with van der Waals surface area (Å²) in [6.07, 6.45) is 0. The fourth-order valence-corrected chi connectivity index (χ4v) is 3.63. The van der Waals surface area contributed by atoms with E-state index in [-0.39, 0.29) is 11.3 Å². The Hall–Kier alpha value is -4.00. The Kier molecular flexibility index (Phi) is 5.73. The van der Waals surface area contributed by atoms with E-state index >= 15 is 0 Å². The number of ether oxygens (including phenoxy) is 1. The minimum atomic E-state index is -0.872. The van der Waals surface area contributed by atoms with Crippen LogP contribution in [0.4, 0.5) is 20.2 Å². The average molecular weight is 434 g/mol. The molecule has 0 N–H and O–H groups in total. The number of amides is 2. The van der Waals surface area contributed by atoms with Gasteiger partial charge in [0.05, 0.1) is 17.9 Å². The van der Waals surface area contributed by atoms with Crippen LogP contribution in [0.3, 0.4) is 0 Å². The highest BCUT2D eigenvalue weighted by Gasteiger charge is 2.43. The van der Waals surface area contributed by atoms with Crippen molar-refractivity contribution in [3.05, 3.63) is 95.7 Å². The van der Waals surface area contributed by atoms with Gasteiger partial charge in [-0.05, 0) is 48.9 Å². The number of carbonyl (C=O) groups excluding carboxylic acids is 2. The molecule has 1 aliphatic rings. The number of rotatable bonds is 6. The van der Waals surface area contributed by atoms with E-state index in [0.717, 1.165) is 18.2 Å². The number of nitrogens with zero attached hydrogens (tertiary/aromatic N) is 2. The van der Waals surface area contributed by atoms with Gasteiger partial charge < -0.3 is 9.64 Å². The molecule has 162 valence electrons. The molecule has 0 saturated heterocycles. The zero-order valence-corrected chi connectivity index (χ0v) is 17.5. The summed E-state index contributed by atoms with van der Waals surface area (Å²) in [4.78, 5) is 29.1. The third kappa shape index (κ3) is 3.73. The summed E-state index contributed by atoms with van der Waals surface area (Å²) in [5, 5.41) is 0. The molecule has 32 heavy (non-hydrogen) atoms. The number of carbonyl (C=O) groups is 2. The molecule has 2 amide bonds. The largest absolute Gasteiger partial charge is 0.494 e. The molecule has 7 heteroatoms. The normalized spacial score (nSPS) is 13.7. The highest BCUT2D eigenvalue weighted by Crippen LogP contribution is 2.37. The third-order valence-electron chi connectivity index (χ3n) is 5.14. The van der Waals surface area contributed by atoms with Crippen LogP contribution in [0.1, 0.15) is 12.5 Å². The maximum atomic E-state index is 14.5. The Morgan fingerprint density at radius 2 is 1.59 bits per heavy atom. The summed E-state index contributed by atoms with van der Waals surface area (Å²) in [6, 6.07) is 18.4. The molecule has 0 saturated carbocycles. The lowest BCUT2D eigenvalue weighted by molar-refractivity contribution is -0.120. The van der Waals surface area contributed by atoms with Crippen LogP contribution in [0.2, 0.25) is 0 Å². The van der Waals surface area contributed by atoms with Gasteiger partial charge >= 0.3 is 0 Å². The van der Waals surface area contributed by atoms with Crippen LogP contribution in [0.5, 0.6) is 5.75 Å². The van der Waals surface area contributed by atoms with Crippen molar-refractivity contribution in [2.45, 2.75) is 6.92 Å². The van der Waals surface area contributed by atoms with Crippen molar-refractivity contribution in [3.63, 3.8) is 0 Å². The molecule has 0 fully saturated rings. The van der Waals surface area contributed by atoms with E-state index in [4.69, 9.17) is 4.74 Å². The first-order valence-corrected chi connectivity index (χ1v) is 10.0. The van der Waals surface area contributed by atoms with E-state index in [9.17, 15) is 18.4 Å². The van der Waals surface area contributed by atoms with Gasteiger partial charge in [0.15, 0.2) is 0 Å². The van der Waals surface area contributed by atoms with Crippen molar-refractivity contribution in [1.82, 2.24) is 0 Å². The summed E-state index contributed by atoms with van der Waals surface area (Å²) in [6.45, 7) is 2.34. The van der Waals surface area contributed by atoms with Gasteiger partial charge in [0, 0.05) is 18.8 Å². The molecule has 0 atom stereocenters. The molecule has 3 aromatic carbocycles. The van der Waals surface area contributed by atoms with E-state index in [2.05, 4.69) is 0 Å². The van der Waals surface area contributed by atoms with E-state index in [1.807, 2.05) is 13.0 Å². The molecule has 0 spiro atoms. The molecule has 5 nitrogen and oxygen atoms in total. The Bertz CT molecular complexity index is 1210. The van der Waals surface area contributed by atoms with Crippen molar-refractivity contribution in [1.29, 1.82) is 0 Å². The second-order valence-electron chi connectivity index (χ2n) is 7.12. The van der Waals surface area contributed by atoms with Crippen LogP contribution < -0.4 is 14.5 Å². The van der Waals surface area contributed by atoms with E-state index < -0.39 is 29.1 Å². The van der Waals surface area contributed by atoms with Crippen molar-refractivity contribution < 1.29 is 23.1 Å². The molecule has 0 radical (unpaired) electrons. The van der Waals surface area contributed by atoms with Crippen LogP contribution in [-0.2, 0) is 9.59 Å². The lowest BCUT2D eigenvalue weighted by Gasteiger charge is -2.21. The number of hydrogen-bond acceptors (Lipinski definition) is 4. The van der Waals surface area contributed by atoms with Crippen LogP contribution >= 0.6 is 0 Å². The van der Waals surface area contributed by atoms with Crippen molar-refractivity contribution in [2.24, 2.45) is 0 Å². The lowest BCUT2D eigenvalue weighted by atomic mass is 10.0. The van der Waals surface area contributed by atoms with Gasteiger partial charge in [-0.1, -0.05) is 30.3 Å². The fraction of sp³-hybridized carbons (Fsp3) is 0.120. The topological polar surface area (TPSA) is 49.9 Å². The smallest absolute Gasteiger partial charge is 0.282 e. The van der Waals surface area contributed by atoms with Crippen LogP contribution in [0, 0.1) is 11.6 Å². The summed E-state index contributed by atoms with van der Waals surface area (Å²) < 4.78 is 33.8. The Labute approximate surface area is 184 Å².